The van der Waals surface area contributed by atoms with E-state index < -0.39 is 5.82 Å². The molecule has 94 valence electrons. The molecule has 0 unspecified atom stereocenters. The van der Waals surface area contributed by atoms with E-state index in [-0.39, 0.29) is 18.4 Å². The lowest BCUT2D eigenvalue weighted by atomic mass is 10.1. The van der Waals surface area contributed by atoms with Gasteiger partial charge in [-0.25, -0.2) is 4.39 Å². The summed E-state index contributed by atoms with van der Waals surface area (Å²) in [6.45, 7) is 4.02. The molecule has 0 bridgehead atoms. The van der Waals surface area contributed by atoms with E-state index in [1.807, 2.05) is 13.8 Å². The molecule has 0 aliphatic carbocycles. The van der Waals surface area contributed by atoms with E-state index >= 15 is 0 Å². The zero-order chi connectivity index (χ0) is 12.8. The first kappa shape index (κ1) is 14.0. The largest absolute Gasteiger partial charge is 0.353 e. The number of carbonyl (C=O) groups excluding carboxylic acids is 1. The van der Waals surface area contributed by atoms with Crippen molar-refractivity contribution in [3.63, 3.8) is 0 Å². The van der Waals surface area contributed by atoms with Gasteiger partial charge in [0.25, 0.3) is 0 Å². The van der Waals surface area contributed by atoms with Crippen molar-refractivity contribution in [3.05, 3.63) is 34.6 Å². The lowest BCUT2D eigenvalue weighted by Gasteiger charge is -2.14. The van der Waals surface area contributed by atoms with Crippen LogP contribution in [0.4, 0.5) is 4.39 Å². The zero-order valence-electron chi connectivity index (χ0n) is 10.1. The fourth-order valence-corrected chi connectivity index (χ4v) is 1.77. The lowest BCUT2D eigenvalue weighted by molar-refractivity contribution is -0.121. The van der Waals surface area contributed by atoms with Crippen molar-refractivity contribution in [2.24, 2.45) is 0 Å². The fourth-order valence-electron chi connectivity index (χ4n) is 1.61. The zero-order valence-corrected chi connectivity index (χ0v) is 10.9. The monoisotopic (exact) mass is 257 g/mol. The minimum absolute atomic E-state index is 0.0551. The fraction of sp³-hybridized carbons (Fsp3) is 0.462. The molecule has 0 aliphatic rings. The van der Waals surface area contributed by atoms with Gasteiger partial charge in [0.2, 0.25) is 5.91 Å². The minimum atomic E-state index is -0.433. The first-order valence-corrected chi connectivity index (χ1v) is 6.17. The quantitative estimate of drug-likeness (QED) is 0.861. The third-order valence-electron chi connectivity index (χ3n) is 2.72. The van der Waals surface area contributed by atoms with E-state index in [0.717, 1.165) is 12.8 Å². The maximum Gasteiger partial charge on any atom is 0.224 e. The van der Waals surface area contributed by atoms with E-state index in [0.29, 0.717) is 10.6 Å². The van der Waals surface area contributed by atoms with E-state index in [2.05, 4.69) is 5.32 Å². The van der Waals surface area contributed by atoms with Gasteiger partial charge in [-0.3, -0.25) is 4.79 Å². The Morgan fingerprint density at radius 3 is 2.59 bits per heavy atom. The van der Waals surface area contributed by atoms with Crippen molar-refractivity contribution < 1.29 is 9.18 Å². The first-order valence-electron chi connectivity index (χ1n) is 5.80. The van der Waals surface area contributed by atoms with E-state index in [9.17, 15) is 9.18 Å². The van der Waals surface area contributed by atoms with Crippen LogP contribution in [0.5, 0.6) is 0 Å². The Morgan fingerprint density at radius 1 is 1.41 bits per heavy atom. The summed E-state index contributed by atoms with van der Waals surface area (Å²) in [6, 6.07) is 4.52. The number of halogens is 2. The Kier molecular flexibility index (Phi) is 5.42. The molecule has 0 radical (unpaired) electrons. The van der Waals surface area contributed by atoms with Crippen LogP contribution in [0.1, 0.15) is 32.3 Å². The molecule has 1 aromatic rings. The number of benzene rings is 1. The molecule has 0 aliphatic heterocycles. The maximum absolute atomic E-state index is 13.4. The molecule has 0 heterocycles. The van der Waals surface area contributed by atoms with Crippen LogP contribution in [-0.2, 0) is 11.2 Å². The van der Waals surface area contributed by atoms with Gasteiger partial charge < -0.3 is 5.32 Å². The second kappa shape index (κ2) is 6.60. The highest BCUT2D eigenvalue weighted by molar-refractivity contribution is 6.30. The summed E-state index contributed by atoms with van der Waals surface area (Å²) in [5.41, 5.74) is 0.373. The lowest BCUT2D eigenvalue weighted by Crippen LogP contribution is -2.35. The number of carbonyl (C=O) groups is 1. The van der Waals surface area contributed by atoms with Crippen molar-refractivity contribution >= 4 is 17.5 Å². The Labute approximate surface area is 106 Å². The van der Waals surface area contributed by atoms with Crippen LogP contribution in [0.3, 0.4) is 0 Å². The van der Waals surface area contributed by atoms with E-state index in [4.69, 9.17) is 11.6 Å². The molecule has 4 heteroatoms. The predicted molar refractivity (Wildman–Crippen MR) is 67.6 cm³/mol. The molecule has 0 saturated heterocycles. The van der Waals surface area contributed by atoms with Crippen LogP contribution in [-0.4, -0.2) is 11.9 Å². The number of rotatable bonds is 5. The van der Waals surface area contributed by atoms with Crippen LogP contribution >= 0.6 is 11.6 Å². The third kappa shape index (κ3) is 4.35. The molecule has 0 fully saturated rings. The summed E-state index contributed by atoms with van der Waals surface area (Å²) in [7, 11) is 0. The predicted octanol–water partition coefficient (Wildman–Crippen LogP) is 3.33. The normalized spacial score (nSPS) is 10.6. The number of nitrogens with one attached hydrogen (secondary N) is 1. The van der Waals surface area contributed by atoms with Crippen molar-refractivity contribution in [2.75, 3.05) is 0 Å². The highest BCUT2D eigenvalue weighted by Crippen LogP contribution is 2.15. The third-order valence-corrected chi connectivity index (χ3v) is 2.95. The second-order valence-electron chi connectivity index (χ2n) is 3.99. The molecular weight excluding hydrogens is 241 g/mol. The molecule has 1 aromatic carbocycles. The maximum atomic E-state index is 13.4. The van der Waals surface area contributed by atoms with Crippen molar-refractivity contribution in [3.8, 4) is 0 Å². The Bertz CT molecular complexity index is 391. The molecule has 1 rings (SSSR count). The number of hydrogen-bond acceptors (Lipinski definition) is 1. The Hall–Kier alpha value is -1.09. The number of amides is 1. The highest BCUT2D eigenvalue weighted by Gasteiger charge is 2.11. The average Bonchev–Trinajstić information content (AvgIpc) is 2.29. The molecule has 1 amide bonds. The summed E-state index contributed by atoms with van der Waals surface area (Å²) in [5.74, 6) is -0.586. The van der Waals surface area contributed by atoms with Gasteiger partial charge in [0.05, 0.1) is 6.42 Å². The molecule has 0 spiro atoms. The van der Waals surface area contributed by atoms with Crippen LogP contribution in [0.15, 0.2) is 18.2 Å². The SMILES string of the molecule is CCC(CC)NC(=O)Cc1ccc(Cl)cc1F. The van der Waals surface area contributed by atoms with Crippen LogP contribution in [0, 0.1) is 5.82 Å². The molecular formula is C13H17ClFNO. The number of hydrogen-bond donors (Lipinski definition) is 1. The smallest absolute Gasteiger partial charge is 0.224 e. The summed E-state index contributed by atoms with van der Waals surface area (Å²) < 4.78 is 13.4. The van der Waals surface area contributed by atoms with Crippen LogP contribution in [0.2, 0.25) is 5.02 Å². The van der Waals surface area contributed by atoms with Gasteiger partial charge >= 0.3 is 0 Å². The van der Waals surface area contributed by atoms with Gasteiger partial charge in [0, 0.05) is 11.1 Å². The topological polar surface area (TPSA) is 29.1 Å². The van der Waals surface area contributed by atoms with Gasteiger partial charge in [-0.15, -0.1) is 0 Å². The van der Waals surface area contributed by atoms with Crippen molar-refractivity contribution in [1.29, 1.82) is 0 Å². The minimum Gasteiger partial charge on any atom is -0.353 e. The first-order chi connectivity index (χ1) is 8.06. The van der Waals surface area contributed by atoms with Crippen LogP contribution < -0.4 is 5.32 Å². The average molecular weight is 258 g/mol. The molecule has 0 saturated carbocycles. The van der Waals surface area contributed by atoms with Crippen molar-refractivity contribution in [2.45, 2.75) is 39.2 Å². The van der Waals surface area contributed by atoms with Crippen molar-refractivity contribution in [1.82, 2.24) is 5.32 Å². The molecule has 0 atom stereocenters. The van der Waals surface area contributed by atoms with Gasteiger partial charge in [-0.1, -0.05) is 31.5 Å². The standard InChI is InChI=1S/C13H17ClFNO/c1-3-11(4-2)16-13(17)7-9-5-6-10(14)8-12(9)15/h5-6,8,11H,3-4,7H2,1-2H3,(H,16,17). The van der Waals surface area contributed by atoms with E-state index in [1.54, 1.807) is 12.1 Å². The Morgan fingerprint density at radius 2 is 2.06 bits per heavy atom. The van der Waals surface area contributed by atoms with Gasteiger partial charge in [0.1, 0.15) is 5.82 Å². The summed E-state index contributed by atoms with van der Waals surface area (Å²) in [5, 5.41) is 3.21. The molecule has 0 aromatic heterocycles. The van der Waals surface area contributed by atoms with E-state index in [1.165, 1.54) is 6.07 Å². The summed E-state index contributed by atoms with van der Waals surface area (Å²) in [6.07, 6.45) is 1.82. The molecule has 1 N–H and O–H groups in total. The summed E-state index contributed by atoms with van der Waals surface area (Å²) in [4.78, 5) is 11.7. The van der Waals surface area contributed by atoms with Gasteiger partial charge in [-0.05, 0) is 30.5 Å². The molecule has 2 nitrogen and oxygen atoms in total. The highest BCUT2D eigenvalue weighted by atomic mass is 35.5. The van der Waals surface area contributed by atoms with Crippen LogP contribution in [0.25, 0.3) is 0 Å². The second-order valence-corrected chi connectivity index (χ2v) is 4.43. The van der Waals surface area contributed by atoms with Gasteiger partial charge in [0.15, 0.2) is 0 Å². The summed E-state index contributed by atoms with van der Waals surface area (Å²) >= 11 is 5.64. The Balaban J connectivity index is 2.62. The van der Waals surface area contributed by atoms with Gasteiger partial charge in [-0.2, -0.15) is 0 Å². The molecule has 17 heavy (non-hydrogen) atoms.